The molecule has 234 valence electrons. The van der Waals surface area contributed by atoms with Gasteiger partial charge in [-0.05, 0) is 104 Å². The number of nitrogens with zero attached hydrogens (tertiary/aromatic N) is 2. The Morgan fingerprint density at radius 1 is 0.889 bits per heavy atom. The van der Waals surface area contributed by atoms with E-state index in [1.165, 1.54) is 30.1 Å². The van der Waals surface area contributed by atoms with Gasteiger partial charge in [-0.1, -0.05) is 23.7 Å². The number of anilines is 2. The fourth-order valence-electron chi connectivity index (χ4n) is 3.96. The summed E-state index contributed by atoms with van der Waals surface area (Å²) in [6, 6.07) is 26.5. The summed E-state index contributed by atoms with van der Waals surface area (Å²) in [7, 11) is -4.09. The van der Waals surface area contributed by atoms with Crippen LogP contribution in [0.15, 0.2) is 112 Å². The molecule has 10 nitrogen and oxygen atoms in total. The maximum absolute atomic E-state index is 13.6. The van der Waals surface area contributed by atoms with Crippen molar-refractivity contribution in [2.45, 2.75) is 16.7 Å². The Hall–Kier alpha value is -4.52. The molecule has 0 unspecified atom stereocenters. The number of carbonyl (C=O) groups excluding carboxylic acids is 2. The number of rotatable bonds is 14. The zero-order chi connectivity index (χ0) is 32.2. The van der Waals surface area contributed by atoms with Crippen molar-refractivity contribution in [2.75, 3.05) is 35.6 Å². The van der Waals surface area contributed by atoms with E-state index >= 15 is 0 Å². The molecule has 0 aromatic heterocycles. The number of hydrogen-bond acceptors (Lipinski definition) is 8. The van der Waals surface area contributed by atoms with Crippen LogP contribution in [0.2, 0.25) is 5.02 Å². The van der Waals surface area contributed by atoms with Crippen molar-refractivity contribution in [1.29, 1.82) is 0 Å². The SMILES string of the molecule is CCOc1ccc(N(CC(=O)N/N=C\c2ccc(OCC(=O)Nc3ccccc3Cl)cc2)S(=O)(=O)c2ccc(SC)cc2)cc1. The Balaban J connectivity index is 1.38. The van der Waals surface area contributed by atoms with Crippen molar-refractivity contribution in [1.82, 2.24) is 5.43 Å². The molecule has 0 saturated carbocycles. The van der Waals surface area contributed by atoms with Crippen molar-refractivity contribution in [2.24, 2.45) is 5.10 Å². The van der Waals surface area contributed by atoms with E-state index in [1.807, 2.05) is 13.2 Å². The molecule has 0 saturated heterocycles. The molecule has 2 amide bonds. The molecule has 0 bridgehead atoms. The summed E-state index contributed by atoms with van der Waals surface area (Å²) in [5.41, 5.74) is 3.81. The van der Waals surface area contributed by atoms with Crippen LogP contribution in [0.3, 0.4) is 0 Å². The molecule has 4 aromatic rings. The second kappa shape index (κ2) is 16.0. The highest BCUT2D eigenvalue weighted by Crippen LogP contribution is 2.27. The van der Waals surface area contributed by atoms with Crippen LogP contribution in [0, 0.1) is 0 Å². The summed E-state index contributed by atoms with van der Waals surface area (Å²) in [6.07, 6.45) is 3.30. The lowest BCUT2D eigenvalue weighted by molar-refractivity contribution is -0.119. The molecule has 13 heteroatoms. The molecule has 4 rings (SSSR count). The first-order valence-electron chi connectivity index (χ1n) is 13.7. The number of hydrogen-bond donors (Lipinski definition) is 2. The molecule has 2 N–H and O–H groups in total. The molecule has 0 spiro atoms. The minimum absolute atomic E-state index is 0.0501. The topological polar surface area (TPSA) is 126 Å². The summed E-state index contributed by atoms with van der Waals surface area (Å²) >= 11 is 7.55. The average Bonchev–Trinajstić information content (AvgIpc) is 3.05. The van der Waals surface area contributed by atoms with Crippen molar-refractivity contribution >= 4 is 62.8 Å². The Kier molecular flexibility index (Phi) is 11.9. The van der Waals surface area contributed by atoms with E-state index in [1.54, 1.807) is 84.9 Å². The molecule has 45 heavy (non-hydrogen) atoms. The van der Waals surface area contributed by atoms with Gasteiger partial charge in [-0.25, -0.2) is 13.8 Å². The highest BCUT2D eigenvalue weighted by molar-refractivity contribution is 7.98. The Morgan fingerprint density at radius 2 is 1.53 bits per heavy atom. The van der Waals surface area contributed by atoms with Gasteiger partial charge in [0.15, 0.2) is 6.61 Å². The number of para-hydroxylation sites is 1. The van der Waals surface area contributed by atoms with Crippen LogP contribution in [0.1, 0.15) is 12.5 Å². The van der Waals surface area contributed by atoms with Gasteiger partial charge in [0.1, 0.15) is 18.0 Å². The van der Waals surface area contributed by atoms with E-state index in [9.17, 15) is 18.0 Å². The lowest BCUT2D eigenvalue weighted by Gasteiger charge is -2.24. The van der Waals surface area contributed by atoms with Gasteiger partial charge in [0.05, 0.1) is 34.1 Å². The smallest absolute Gasteiger partial charge is 0.264 e. The summed E-state index contributed by atoms with van der Waals surface area (Å²) < 4.78 is 39.3. The molecular weight excluding hydrogens is 636 g/mol. The number of carbonyl (C=O) groups is 2. The number of ether oxygens (including phenoxy) is 2. The Bertz CT molecular complexity index is 1730. The lowest BCUT2D eigenvalue weighted by Crippen LogP contribution is -2.39. The Morgan fingerprint density at radius 3 is 2.18 bits per heavy atom. The largest absolute Gasteiger partial charge is 0.494 e. The van der Waals surface area contributed by atoms with E-state index in [4.69, 9.17) is 21.1 Å². The molecule has 0 atom stereocenters. The zero-order valence-corrected chi connectivity index (χ0v) is 26.9. The fraction of sp³-hybridized carbons (Fsp3) is 0.156. The second-order valence-corrected chi connectivity index (χ2v) is 12.4. The molecule has 0 heterocycles. The minimum Gasteiger partial charge on any atom is -0.494 e. The molecular formula is C32H31ClN4O6S2. The molecule has 0 radical (unpaired) electrons. The van der Waals surface area contributed by atoms with Gasteiger partial charge in [0.2, 0.25) is 0 Å². The average molecular weight is 667 g/mol. The van der Waals surface area contributed by atoms with Crippen LogP contribution < -0.4 is 24.5 Å². The second-order valence-electron chi connectivity index (χ2n) is 9.29. The molecule has 0 aliphatic carbocycles. The van der Waals surface area contributed by atoms with E-state index < -0.39 is 22.5 Å². The number of thioether (sulfide) groups is 1. The summed E-state index contributed by atoms with van der Waals surface area (Å²) in [5, 5.41) is 7.08. The van der Waals surface area contributed by atoms with Gasteiger partial charge in [-0.3, -0.25) is 13.9 Å². The van der Waals surface area contributed by atoms with Crippen LogP contribution in [0.25, 0.3) is 0 Å². The Labute approximate surface area is 271 Å². The van der Waals surface area contributed by atoms with Gasteiger partial charge in [-0.15, -0.1) is 11.8 Å². The number of benzene rings is 4. The maximum atomic E-state index is 13.6. The van der Waals surface area contributed by atoms with Gasteiger partial charge in [-0.2, -0.15) is 5.10 Å². The van der Waals surface area contributed by atoms with Crippen molar-refractivity contribution < 1.29 is 27.5 Å². The van der Waals surface area contributed by atoms with Gasteiger partial charge < -0.3 is 14.8 Å². The number of nitrogens with one attached hydrogen (secondary N) is 2. The van der Waals surface area contributed by atoms with Crippen molar-refractivity contribution in [3.63, 3.8) is 0 Å². The van der Waals surface area contributed by atoms with Gasteiger partial charge >= 0.3 is 0 Å². The summed E-state index contributed by atoms with van der Waals surface area (Å²) in [5.74, 6) is 0.0182. The van der Waals surface area contributed by atoms with Crippen LogP contribution >= 0.6 is 23.4 Å². The predicted molar refractivity (Wildman–Crippen MR) is 178 cm³/mol. The molecule has 0 fully saturated rings. The monoisotopic (exact) mass is 666 g/mol. The van der Waals surface area contributed by atoms with E-state index in [-0.39, 0.29) is 17.4 Å². The number of amides is 2. The van der Waals surface area contributed by atoms with Gasteiger partial charge in [0.25, 0.3) is 21.8 Å². The number of halogens is 1. The first-order chi connectivity index (χ1) is 21.7. The third-order valence-corrected chi connectivity index (χ3v) is 9.03. The standard InChI is InChI=1S/C32H31ClN4O6S2/c1-3-42-25-14-10-24(11-15-25)37(45(40,41)28-18-16-27(44-2)17-19-28)21-31(38)36-34-20-23-8-12-26(13-9-23)43-22-32(39)35-30-7-5-4-6-29(30)33/h4-20H,3,21-22H2,1-2H3,(H,35,39)(H,36,38)/b34-20-. The van der Waals surface area contributed by atoms with E-state index in [0.717, 1.165) is 9.20 Å². The molecule has 0 aliphatic heterocycles. The fourth-order valence-corrected chi connectivity index (χ4v) is 5.97. The van der Waals surface area contributed by atoms with Crippen LogP contribution in [-0.2, 0) is 19.6 Å². The summed E-state index contributed by atoms with van der Waals surface area (Å²) in [4.78, 5) is 26.0. The quantitative estimate of drug-likeness (QED) is 0.0986. The normalized spacial score (nSPS) is 11.2. The van der Waals surface area contributed by atoms with E-state index in [2.05, 4.69) is 15.8 Å². The number of hydrazone groups is 1. The van der Waals surface area contributed by atoms with E-state index in [0.29, 0.717) is 40.1 Å². The summed E-state index contributed by atoms with van der Waals surface area (Å²) in [6.45, 7) is 1.58. The zero-order valence-electron chi connectivity index (χ0n) is 24.5. The maximum Gasteiger partial charge on any atom is 0.264 e. The number of sulfonamides is 1. The third-order valence-electron chi connectivity index (χ3n) is 6.17. The van der Waals surface area contributed by atoms with Crippen LogP contribution in [-0.4, -0.2) is 52.5 Å². The molecule has 0 aliphatic rings. The first kappa shape index (κ1) is 33.4. The van der Waals surface area contributed by atoms with Crippen molar-refractivity contribution in [3.8, 4) is 11.5 Å². The van der Waals surface area contributed by atoms with Crippen molar-refractivity contribution in [3.05, 3.63) is 108 Å². The van der Waals surface area contributed by atoms with Crippen LogP contribution in [0.5, 0.6) is 11.5 Å². The predicted octanol–water partition coefficient (Wildman–Crippen LogP) is 5.82. The highest BCUT2D eigenvalue weighted by atomic mass is 35.5. The first-order valence-corrected chi connectivity index (χ1v) is 16.7. The lowest BCUT2D eigenvalue weighted by atomic mass is 10.2. The van der Waals surface area contributed by atoms with Gasteiger partial charge in [0, 0.05) is 4.90 Å². The van der Waals surface area contributed by atoms with Crippen LogP contribution in [0.4, 0.5) is 11.4 Å². The third kappa shape index (κ3) is 9.48. The molecule has 4 aromatic carbocycles. The minimum atomic E-state index is -4.09. The highest BCUT2D eigenvalue weighted by Gasteiger charge is 2.27.